The molecule has 0 aromatic heterocycles. The smallest absolute Gasteiger partial charge is 0.360 e. The first kappa shape index (κ1) is 12.0. The first-order valence-electron chi connectivity index (χ1n) is 4.90. The second-order valence-electron chi connectivity index (χ2n) is 3.33. The highest BCUT2D eigenvalue weighted by Crippen LogP contribution is 2.19. The van der Waals surface area contributed by atoms with E-state index in [1.54, 1.807) is 31.4 Å². The molecule has 0 radical (unpaired) electrons. The average Bonchev–Trinajstić information content (AvgIpc) is 2.24. The summed E-state index contributed by atoms with van der Waals surface area (Å²) >= 11 is 0. The number of nitrogens with one attached hydrogen (secondary N) is 1. The van der Waals surface area contributed by atoms with Crippen LogP contribution in [0.25, 0.3) is 0 Å². The number of hydrogen-bond donors (Lipinski definition) is 3. The molecule has 1 aromatic rings. The summed E-state index contributed by atoms with van der Waals surface area (Å²) in [5.74, 6) is 0.177. The van der Waals surface area contributed by atoms with Crippen molar-refractivity contribution in [2.75, 3.05) is 13.7 Å². The number of aromatic hydroxyl groups is 1. The maximum Gasteiger partial charge on any atom is 0.360 e. The molecule has 5 heteroatoms. The summed E-state index contributed by atoms with van der Waals surface area (Å²) in [4.78, 5) is 0. The van der Waals surface area contributed by atoms with E-state index in [0.717, 1.165) is 5.56 Å². The fourth-order valence-electron chi connectivity index (χ4n) is 1.31. The Morgan fingerprint density at radius 1 is 1.53 bits per heavy atom. The molecule has 0 spiro atoms. The number of aliphatic hydroxyl groups is 1. The van der Waals surface area contributed by atoms with Gasteiger partial charge in [0.15, 0.2) is 0 Å². The Morgan fingerprint density at radius 2 is 2.33 bits per heavy atom. The Morgan fingerprint density at radius 3 is 3.00 bits per heavy atom. The van der Waals surface area contributed by atoms with Crippen molar-refractivity contribution in [3.05, 3.63) is 29.8 Å². The van der Waals surface area contributed by atoms with Crippen molar-refractivity contribution in [1.82, 2.24) is 5.23 Å². The van der Waals surface area contributed by atoms with Gasteiger partial charge in [-0.25, -0.2) is 0 Å². The van der Waals surface area contributed by atoms with Gasteiger partial charge in [0, 0.05) is 7.11 Å². The van der Waals surface area contributed by atoms with Crippen LogP contribution >= 0.6 is 0 Å². The molecular weight excluding hydrogens is 193 g/mol. The molecule has 1 unspecified atom stereocenters. The molecular formula is C10H16BNO3. The predicted molar refractivity (Wildman–Crippen MR) is 59.8 cm³/mol. The zero-order valence-corrected chi connectivity index (χ0v) is 8.81. The minimum Gasteiger partial charge on any atom is -0.508 e. The van der Waals surface area contributed by atoms with Crippen molar-refractivity contribution in [1.29, 1.82) is 0 Å². The van der Waals surface area contributed by atoms with Crippen molar-refractivity contribution in [2.45, 2.75) is 12.5 Å². The normalized spacial score (nSPS) is 12.4. The number of phenols is 1. The van der Waals surface area contributed by atoms with Gasteiger partial charge < -0.3 is 20.1 Å². The van der Waals surface area contributed by atoms with Crippen LogP contribution in [0.1, 0.15) is 18.1 Å². The van der Waals surface area contributed by atoms with Crippen molar-refractivity contribution in [2.24, 2.45) is 0 Å². The van der Waals surface area contributed by atoms with Crippen LogP contribution in [-0.4, -0.2) is 31.5 Å². The Bertz CT molecular complexity index is 296. The minimum absolute atomic E-state index is 0.177. The molecule has 0 aliphatic heterocycles. The fraction of sp³-hybridized carbons (Fsp3) is 0.400. The lowest BCUT2D eigenvalue weighted by molar-refractivity contribution is 0.168. The number of phenolic OH excluding ortho intramolecular Hbond substituents is 1. The number of aliphatic hydroxyl groups excluding tert-OH is 1. The summed E-state index contributed by atoms with van der Waals surface area (Å²) in [6.07, 6.45) is 0.0359. The number of rotatable bonds is 6. The van der Waals surface area contributed by atoms with Gasteiger partial charge in [-0.3, -0.25) is 0 Å². The van der Waals surface area contributed by atoms with E-state index in [-0.39, 0.29) is 5.75 Å². The molecule has 1 rings (SSSR count). The van der Waals surface area contributed by atoms with Crippen LogP contribution in [0.3, 0.4) is 0 Å². The van der Waals surface area contributed by atoms with E-state index in [1.165, 1.54) is 0 Å². The van der Waals surface area contributed by atoms with E-state index in [4.69, 9.17) is 4.65 Å². The molecule has 0 aliphatic carbocycles. The Kier molecular flexibility index (Phi) is 5.17. The predicted octanol–water partition coefficient (Wildman–Crippen LogP) is 0.318. The molecule has 0 fully saturated rings. The number of hydrogen-bond acceptors (Lipinski definition) is 4. The van der Waals surface area contributed by atoms with Gasteiger partial charge in [0.25, 0.3) is 0 Å². The van der Waals surface area contributed by atoms with Crippen molar-refractivity contribution < 1.29 is 14.9 Å². The zero-order chi connectivity index (χ0) is 11.1. The first-order valence-corrected chi connectivity index (χ1v) is 4.90. The quantitative estimate of drug-likeness (QED) is 0.466. The third-order valence-corrected chi connectivity index (χ3v) is 2.10. The largest absolute Gasteiger partial charge is 0.508 e. The summed E-state index contributed by atoms with van der Waals surface area (Å²) in [5, 5.41) is 22.0. The van der Waals surface area contributed by atoms with E-state index in [1.807, 2.05) is 0 Å². The van der Waals surface area contributed by atoms with Gasteiger partial charge in [0.2, 0.25) is 0 Å². The molecule has 0 aliphatic rings. The standard InChI is InChI=1S/C10H16BNO3/c1-15-11-12-6-5-10(14)8-3-2-4-9(13)7-8/h2-4,7,10-14H,5-6H2,1H3. The lowest BCUT2D eigenvalue weighted by Crippen LogP contribution is -2.23. The van der Waals surface area contributed by atoms with E-state index in [9.17, 15) is 10.2 Å². The summed E-state index contributed by atoms with van der Waals surface area (Å²) in [6.45, 7) is 0.671. The van der Waals surface area contributed by atoms with Gasteiger partial charge in [-0.1, -0.05) is 12.1 Å². The van der Waals surface area contributed by atoms with Crippen LogP contribution in [-0.2, 0) is 4.65 Å². The second kappa shape index (κ2) is 6.45. The van der Waals surface area contributed by atoms with Gasteiger partial charge >= 0.3 is 7.62 Å². The van der Waals surface area contributed by atoms with Crippen molar-refractivity contribution in [3.63, 3.8) is 0 Å². The molecule has 1 aromatic carbocycles. The molecule has 15 heavy (non-hydrogen) atoms. The van der Waals surface area contributed by atoms with Crippen molar-refractivity contribution in [3.8, 4) is 5.75 Å². The highest BCUT2D eigenvalue weighted by Gasteiger charge is 2.07. The molecule has 1 atom stereocenters. The van der Waals surface area contributed by atoms with Gasteiger partial charge in [-0.05, 0) is 30.7 Å². The van der Waals surface area contributed by atoms with E-state index >= 15 is 0 Å². The summed E-state index contributed by atoms with van der Waals surface area (Å²) < 4.78 is 4.82. The van der Waals surface area contributed by atoms with Crippen molar-refractivity contribution >= 4 is 7.62 Å². The fourth-order valence-corrected chi connectivity index (χ4v) is 1.31. The van der Waals surface area contributed by atoms with Gasteiger partial charge in [-0.2, -0.15) is 0 Å². The summed E-state index contributed by atoms with van der Waals surface area (Å²) in [7, 11) is 2.09. The molecule has 82 valence electrons. The van der Waals surface area contributed by atoms with Crippen LogP contribution in [0.5, 0.6) is 5.75 Å². The lowest BCUT2D eigenvalue weighted by Gasteiger charge is -2.11. The van der Waals surface area contributed by atoms with Crippen LogP contribution in [0.2, 0.25) is 0 Å². The Hall–Kier alpha value is -1.04. The molecule has 0 saturated carbocycles. The molecule has 0 bridgehead atoms. The maximum atomic E-state index is 9.75. The molecule has 3 N–H and O–H groups in total. The Labute approximate surface area is 90.2 Å². The van der Waals surface area contributed by atoms with Gasteiger partial charge in [0.1, 0.15) is 5.75 Å². The molecule has 4 nitrogen and oxygen atoms in total. The lowest BCUT2D eigenvalue weighted by atomic mass is 10.1. The van der Waals surface area contributed by atoms with Gasteiger partial charge in [-0.15, -0.1) is 0 Å². The van der Waals surface area contributed by atoms with Crippen LogP contribution in [0.15, 0.2) is 24.3 Å². The number of benzene rings is 1. The second-order valence-corrected chi connectivity index (χ2v) is 3.33. The first-order chi connectivity index (χ1) is 7.24. The van der Waals surface area contributed by atoms with Crippen LogP contribution < -0.4 is 5.23 Å². The van der Waals surface area contributed by atoms with E-state index in [0.29, 0.717) is 20.6 Å². The SMILES string of the molecule is COBNCCC(O)c1cccc(O)c1. The summed E-state index contributed by atoms with van der Waals surface area (Å²) in [5.41, 5.74) is 0.731. The van der Waals surface area contributed by atoms with E-state index < -0.39 is 6.10 Å². The third-order valence-electron chi connectivity index (χ3n) is 2.10. The van der Waals surface area contributed by atoms with Gasteiger partial charge in [0.05, 0.1) is 6.10 Å². The molecule has 0 heterocycles. The molecule has 0 amide bonds. The zero-order valence-electron chi connectivity index (χ0n) is 8.81. The average molecular weight is 209 g/mol. The third kappa shape index (κ3) is 4.33. The monoisotopic (exact) mass is 209 g/mol. The van der Waals surface area contributed by atoms with E-state index in [2.05, 4.69) is 5.23 Å². The molecule has 0 saturated heterocycles. The minimum atomic E-state index is -0.554. The highest BCUT2D eigenvalue weighted by molar-refractivity contribution is 6.23. The topological polar surface area (TPSA) is 61.7 Å². The Balaban J connectivity index is 2.36. The maximum absolute atomic E-state index is 9.75. The van der Waals surface area contributed by atoms with Crippen LogP contribution in [0, 0.1) is 0 Å². The summed E-state index contributed by atoms with van der Waals surface area (Å²) in [6, 6.07) is 6.66. The van der Waals surface area contributed by atoms with Crippen LogP contribution in [0.4, 0.5) is 0 Å². The highest BCUT2D eigenvalue weighted by atomic mass is 16.4.